The lowest BCUT2D eigenvalue weighted by atomic mass is 9.89. The number of ether oxygens (including phenoxy) is 1. The molecule has 226 valence electrons. The number of sulfone groups is 1. The highest BCUT2D eigenvalue weighted by molar-refractivity contribution is 7.99. The summed E-state index contributed by atoms with van der Waals surface area (Å²) in [5, 5.41) is 43.5. The molecule has 5 atom stereocenters. The minimum absolute atomic E-state index is 0.00972. The summed E-state index contributed by atoms with van der Waals surface area (Å²) in [5.74, 6) is -1.84. The zero-order valence-corrected chi connectivity index (χ0v) is 24.2. The Morgan fingerprint density at radius 2 is 1.41 bits per heavy atom. The topological polar surface area (TPSA) is 239 Å². The Morgan fingerprint density at radius 1 is 0.846 bits per heavy atom. The van der Waals surface area contributed by atoms with Gasteiger partial charge >= 0.3 is 23.9 Å². The minimum atomic E-state index is -3.08. The fraction of sp³-hybridized carbons (Fsp3) is 0.833. The molecule has 0 aromatic heterocycles. The molecule has 1 saturated carbocycles. The summed E-state index contributed by atoms with van der Waals surface area (Å²) < 4.78 is 26.6. The number of rotatable bonds is 4. The van der Waals surface area contributed by atoms with Crippen LogP contribution in [0.15, 0.2) is 0 Å². The molecule has 15 heteroatoms. The largest absolute Gasteiger partial charge is 0.481 e. The summed E-state index contributed by atoms with van der Waals surface area (Å²) in [4.78, 5) is 41.9. The molecule has 0 spiro atoms. The van der Waals surface area contributed by atoms with Gasteiger partial charge in [0.25, 0.3) is 0 Å². The molecule has 7 N–H and O–H groups in total. The second-order valence-electron chi connectivity index (χ2n) is 11.4. The number of aliphatic carboxylic acids is 4. The van der Waals surface area contributed by atoms with Crippen LogP contribution in [0.2, 0.25) is 0 Å². The fourth-order valence-corrected chi connectivity index (χ4v) is 7.77. The first-order valence-corrected chi connectivity index (χ1v) is 15.4. The van der Waals surface area contributed by atoms with Crippen LogP contribution in [0.3, 0.4) is 0 Å². The second kappa shape index (κ2) is 13.6. The SMILES string of the molecule is CC1(C(=O)O)CCC(O)C1.CC1(C(=O)O)CCS(=O)(=O)C1.CC1(C(=O)O)CCSC1.NC1(C(=O)O)CCOC1. The van der Waals surface area contributed by atoms with Crippen molar-refractivity contribution in [3.05, 3.63) is 0 Å². The molecule has 4 aliphatic rings. The summed E-state index contributed by atoms with van der Waals surface area (Å²) in [5.41, 5.74) is 2.13. The van der Waals surface area contributed by atoms with Crippen LogP contribution in [-0.2, 0) is 33.8 Å². The molecule has 4 rings (SSSR count). The molecule has 1 aliphatic carbocycles. The summed E-state index contributed by atoms with van der Waals surface area (Å²) in [6.07, 6.45) is 2.72. The first-order valence-electron chi connectivity index (χ1n) is 12.5. The van der Waals surface area contributed by atoms with E-state index in [0.29, 0.717) is 32.3 Å². The predicted octanol–water partition coefficient (Wildman–Crippen LogP) is 0.921. The zero-order chi connectivity index (χ0) is 30.3. The van der Waals surface area contributed by atoms with Gasteiger partial charge in [0.1, 0.15) is 5.54 Å². The van der Waals surface area contributed by atoms with Crippen molar-refractivity contribution in [1.29, 1.82) is 0 Å². The molecular weight excluding hydrogens is 558 g/mol. The Balaban J connectivity index is 0.000000261. The molecule has 13 nitrogen and oxygen atoms in total. The normalized spacial score (nSPS) is 36.3. The molecule has 3 aliphatic heterocycles. The molecule has 5 unspecified atom stereocenters. The molecule has 0 bridgehead atoms. The third-order valence-electron chi connectivity index (χ3n) is 7.46. The molecule has 0 aromatic carbocycles. The van der Waals surface area contributed by atoms with Crippen LogP contribution < -0.4 is 5.73 Å². The van der Waals surface area contributed by atoms with Gasteiger partial charge in [0.05, 0.1) is 40.5 Å². The van der Waals surface area contributed by atoms with Crippen molar-refractivity contribution in [2.75, 3.05) is 36.2 Å². The molecule has 3 heterocycles. The lowest BCUT2D eigenvalue weighted by Crippen LogP contribution is -2.48. The quantitative estimate of drug-likeness (QED) is 0.263. The highest BCUT2D eigenvalue weighted by Gasteiger charge is 2.44. The van der Waals surface area contributed by atoms with E-state index in [1.165, 1.54) is 6.92 Å². The standard InChI is InChI=1S/C7H12O3.C6H10O4S.C6H10O2S.C5H9NO3/c1-7(6(9)10)3-2-5(8)4-7;1-6(5(7)8)2-3-11(9,10)4-6;1-6(5(7)8)2-3-9-4-6;6-5(4(7)8)1-2-9-3-5/h5,8H,2-4H2,1H3,(H,9,10);2-4H2,1H3,(H,7,8);2-4H2,1H3,(H,7,8);1-3,6H2,(H,7,8). The maximum atomic E-state index is 10.9. The van der Waals surface area contributed by atoms with Crippen molar-refractivity contribution in [3.8, 4) is 0 Å². The summed E-state index contributed by atoms with van der Waals surface area (Å²) in [6.45, 7) is 5.58. The van der Waals surface area contributed by atoms with Crippen molar-refractivity contribution >= 4 is 45.5 Å². The first kappa shape index (κ1) is 35.1. The number of aliphatic hydroxyl groups excluding tert-OH is 1. The summed E-state index contributed by atoms with van der Waals surface area (Å²) >= 11 is 1.73. The molecule has 0 radical (unpaired) electrons. The number of nitrogens with two attached hydrogens (primary N) is 1. The van der Waals surface area contributed by atoms with E-state index >= 15 is 0 Å². The number of carboxylic acids is 4. The van der Waals surface area contributed by atoms with Gasteiger partial charge in [-0.3, -0.25) is 19.2 Å². The van der Waals surface area contributed by atoms with Crippen LogP contribution in [0.4, 0.5) is 0 Å². The number of thioether (sulfide) groups is 1. The molecular formula is C24H41NO12S2. The van der Waals surface area contributed by atoms with E-state index in [4.69, 9.17) is 36.0 Å². The first-order chi connectivity index (χ1) is 17.7. The van der Waals surface area contributed by atoms with Gasteiger partial charge in [-0.15, -0.1) is 0 Å². The smallest absolute Gasteiger partial charge is 0.326 e. The second-order valence-corrected chi connectivity index (χ2v) is 14.7. The van der Waals surface area contributed by atoms with E-state index in [1.54, 1.807) is 18.7 Å². The predicted molar refractivity (Wildman–Crippen MR) is 142 cm³/mol. The maximum Gasteiger partial charge on any atom is 0.326 e. The van der Waals surface area contributed by atoms with Crippen LogP contribution in [0.1, 0.15) is 59.3 Å². The van der Waals surface area contributed by atoms with E-state index in [1.807, 2.05) is 6.92 Å². The summed E-state index contributed by atoms with van der Waals surface area (Å²) in [6, 6.07) is 0. The van der Waals surface area contributed by atoms with Crippen LogP contribution in [-0.4, -0.2) is 106 Å². The van der Waals surface area contributed by atoms with E-state index < -0.39 is 61.6 Å². The van der Waals surface area contributed by atoms with Gasteiger partial charge in [0, 0.05) is 18.8 Å². The van der Waals surface area contributed by atoms with Crippen LogP contribution in [0, 0.1) is 16.2 Å². The van der Waals surface area contributed by atoms with Crippen molar-refractivity contribution in [1.82, 2.24) is 0 Å². The Kier molecular flexibility index (Phi) is 12.2. The zero-order valence-electron chi connectivity index (χ0n) is 22.6. The lowest BCUT2D eigenvalue weighted by molar-refractivity contribution is -0.148. The maximum absolute atomic E-state index is 10.9. The molecule has 4 fully saturated rings. The molecule has 39 heavy (non-hydrogen) atoms. The van der Waals surface area contributed by atoms with E-state index in [9.17, 15) is 27.6 Å². The van der Waals surface area contributed by atoms with Crippen LogP contribution >= 0.6 is 11.8 Å². The number of hydrogen-bond donors (Lipinski definition) is 6. The monoisotopic (exact) mass is 599 g/mol. The van der Waals surface area contributed by atoms with Gasteiger partial charge in [0.15, 0.2) is 9.84 Å². The van der Waals surface area contributed by atoms with Crippen molar-refractivity contribution in [2.45, 2.75) is 70.9 Å². The number of carbonyl (C=O) groups is 4. The molecule has 0 amide bonds. The van der Waals surface area contributed by atoms with Crippen LogP contribution in [0.25, 0.3) is 0 Å². The Labute approximate surface area is 232 Å². The van der Waals surface area contributed by atoms with Gasteiger partial charge < -0.3 is 36.0 Å². The number of aliphatic hydroxyl groups is 1. The van der Waals surface area contributed by atoms with Gasteiger partial charge in [-0.1, -0.05) is 0 Å². The van der Waals surface area contributed by atoms with Crippen LogP contribution in [0.5, 0.6) is 0 Å². The number of carboxylic acid groups (broad SMARTS) is 4. The molecule has 3 saturated heterocycles. The minimum Gasteiger partial charge on any atom is -0.481 e. The van der Waals surface area contributed by atoms with Crippen molar-refractivity contribution in [2.24, 2.45) is 22.0 Å². The highest BCUT2D eigenvalue weighted by atomic mass is 32.2. The average Bonchev–Trinajstić information content (AvgIpc) is 3.59. The van der Waals surface area contributed by atoms with Gasteiger partial charge in [-0.25, -0.2) is 8.42 Å². The van der Waals surface area contributed by atoms with E-state index in [2.05, 4.69) is 0 Å². The van der Waals surface area contributed by atoms with Gasteiger partial charge in [-0.2, -0.15) is 11.8 Å². The third-order valence-corrected chi connectivity index (χ3v) is 10.7. The lowest BCUT2D eigenvalue weighted by Gasteiger charge is -2.16. The molecule has 0 aromatic rings. The van der Waals surface area contributed by atoms with E-state index in [0.717, 1.165) is 17.9 Å². The average molecular weight is 600 g/mol. The van der Waals surface area contributed by atoms with Gasteiger partial charge in [0.2, 0.25) is 0 Å². The van der Waals surface area contributed by atoms with Crippen molar-refractivity contribution < 1.29 is 57.9 Å². The Hall–Kier alpha value is -1.94. The third kappa shape index (κ3) is 10.2. The highest BCUT2D eigenvalue weighted by Crippen LogP contribution is 2.38. The van der Waals surface area contributed by atoms with Gasteiger partial charge in [-0.05, 0) is 58.6 Å². The Bertz CT molecular complexity index is 973. The Morgan fingerprint density at radius 3 is 1.62 bits per heavy atom. The fourth-order valence-electron chi connectivity index (χ4n) is 4.17. The summed E-state index contributed by atoms with van der Waals surface area (Å²) in [7, 11) is -3.08. The van der Waals surface area contributed by atoms with E-state index in [-0.39, 0.29) is 24.5 Å². The van der Waals surface area contributed by atoms with Crippen molar-refractivity contribution in [3.63, 3.8) is 0 Å². The number of hydrogen-bond acceptors (Lipinski definition) is 10.